The van der Waals surface area contributed by atoms with Crippen LogP contribution in [0.15, 0.2) is 54.6 Å². The zero-order valence-electron chi connectivity index (χ0n) is 13.6. The van der Waals surface area contributed by atoms with E-state index in [9.17, 15) is 9.59 Å². The summed E-state index contributed by atoms with van der Waals surface area (Å²) in [5.41, 5.74) is 13.3. The third-order valence-corrected chi connectivity index (χ3v) is 3.62. The molecule has 0 fully saturated rings. The number of hydrogen-bond donors (Lipinski definition) is 4. The number of rotatable bonds is 5. The van der Waals surface area contributed by atoms with E-state index in [4.69, 9.17) is 5.73 Å². The van der Waals surface area contributed by atoms with Crippen LogP contribution in [-0.2, 0) is 11.3 Å². The number of nitrogens with one attached hydrogen (secondary N) is 3. The zero-order valence-corrected chi connectivity index (χ0v) is 13.6. The molecular weight excluding hydrogens is 304 g/mol. The molecule has 2 aromatic carbocycles. The van der Waals surface area contributed by atoms with Crippen LogP contribution >= 0.6 is 0 Å². The molecule has 0 spiro atoms. The van der Waals surface area contributed by atoms with Gasteiger partial charge in [-0.3, -0.25) is 10.2 Å². The van der Waals surface area contributed by atoms with Crippen LogP contribution in [0.4, 0.5) is 4.79 Å². The Bertz CT molecular complexity index is 688. The van der Waals surface area contributed by atoms with Gasteiger partial charge in [0.1, 0.15) is 0 Å². The Morgan fingerprint density at radius 2 is 1.67 bits per heavy atom. The lowest BCUT2D eigenvalue weighted by molar-refractivity contribution is -0.123. The van der Waals surface area contributed by atoms with E-state index < -0.39 is 18.0 Å². The van der Waals surface area contributed by atoms with Crippen LogP contribution in [0, 0.1) is 0 Å². The molecule has 6 heteroatoms. The topological polar surface area (TPSA) is 96.2 Å². The van der Waals surface area contributed by atoms with E-state index in [1.165, 1.54) is 0 Å². The summed E-state index contributed by atoms with van der Waals surface area (Å²) in [6, 6.07) is 16.6. The molecule has 1 atom stereocenters. The van der Waals surface area contributed by atoms with Crippen LogP contribution in [0.1, 0.15) is 18.9 Å². The first-order valence-corrected chi connectivity index (χ1v) is 7.84. The molecular formula is C18H22N4O2. The van der Waals surface area contributed by atoms with Crippen molar-refractivity contribution in [3.63, 3.8) is 0 Å². The molecule has 0 bridgehead atoms. The van der Waals surface area contributed by atoms with E-state index in [0.29, 0.717) is 13.0 Å². The van der Waals surface area contributed by atoms with Crippen molar-refractivity contribution in [1.29, 1.82) is 0 Å². The third-order valence-electron chi connectivity index (χ3n) is 3.62. The van der Waals surface area contributed by atoms with E-state index in [0.717, 1.165) is 16.7 Å². The highest BCUT2D eigenvalue weighted by molar-refractivity contribution is 5.84. The summed E-state index contributed by atoms with van der Waals surface area (Å²) in [6.07, 6.45) is 0.500. The summed E-state index contributed by atoms with van der Waals surface area (Å²) in [5, 5.41) is 2.72. The van der Waals surface area contributed by atoms with Gasteiger partial charge in [0, 0.05) is 6.54 Å². The van der Waals surface area contributed by atoms with Crippen LogP contribution in [0.25, 0.3) is 11.1 Å². The van der Waals surface area contributed by atoms with Crippen LogP contribution < -0.4 is 21.9 Å². The Balaban J connectivity index is 1.93. The third kappa shape index (κ3) is 4.82. The maximum atomic E-state index is 11.8. The predicted octanol–water partition coefficient (Wildman–Crippen LogP) is 1.92. The number of carbonyl (C=O) groups excluding carboxylic acids is 2. The molecule has 0 aliphatic rings. The lowest BCUT2D eigenvalue weighted by Crippen LogP contribution is -2.51. The fourth-order valence-electron chi connectivity index (χ4n) is 2.19. The molecule has 0 aliphatic carbocycles. The van der Waals surface area contributed by atoms with Crippen molar-refractivity contribution in [1.82, 2.24) is 16.2 Å². The van der Waals surface area contributed by atoms with Gasteiger partial charge in [-0.05, 0) is 23.1 Å². The van der Waals surface area contributed by atoms with Crippen LogP contribution in [-0.4, -0.2) is 18.0 Å². The molecule has 24 heavy (non-hydrogen) atoms. The van der Waals surface area contributed by atoms with Crippen molar-refractivity contribution in [2.75, 3.05) is 0 Å². The van der Waals surface area contributed by atoms with Gasteiger partial charge in [-0.25, -0.2) is 10.2 Å². The fraction of sp³-hybridized carbons (Fsp3) is 0.222. The van der Waals surface area contributed by atoms with Crippen molar-refractivity contribution in [3.8, 4) is 11.1 Å². The molecule has 2 rings (SSSR count). The molecule has 6 nitrogen and oxygen atoms in total. The highest BCUT2D eigenvalue weighted by Crippen LogP contribution is 2.23. The standard InChI is InChI=1S/C18H22N4O2/c1-2-16(19)17(23)21-22-18(24)20-12-14-10-6-7-11-15(14)13-8-4-3-5-9-13/h3-11,16H,2,12,19H2,1H3,(H,21,23)(H2,20,22,24)/t16-/m0/s1. The van der Waals surface area contributed by atoms with Gasteiger partial charge in [0.2, 0.25) is 0 Å². The van der Waals surface area contributed by atoms with Gasteiger partial charge in [-0.15, -0.1) is 0 Å². The number of benzene rings is 2. The number of hydrogen-bond acceptors (Lipinski definition) is 3. The van der Waals surface area contributed by atoms with Gasteiger partial charge < -0.3 is 11.1 Å². The van der Waals surface area contributed by atoms with Gasteiger partial charge >= 0.3 is 6.03 Å². The van der Waals surface area contributed by atoms with Gasteiger partial charge in [-0.1, -0.05) is 61.5 Å². The largest absolute Gasteiger partial charge is 0.333 e. The van der Waals surface area contributed by atoms with Crippen molar-refractivity contribution in [2.45, 2.75) is 25.9 Å². The Hall–Kier alpha value is -2.86. The first-order chi connectivity index (χ1) is 11.6. The molecule has 126 valence electrons. The quantitative estimate of drug-likeness (QED) is 0.632. The molecule has 0 unspecified atom stereocenters. The number of amides is 3. The Morgan fingerprint density at radius 3 is 2.38 bits per heavy atom. The second kappa shape index (κ2) is 8.69. The molecule has 2 aromatic rings. The number of carbonyl (C=O) groups is 2. The van der Waals surface area contributed by atoms with Gasteiger partial charge in [0.25, 0.3) is 5.91 Å². The molecule has 0 aliphatic heterocycles. The normalized spacial score (nSPS) is 11.4. The maximum Gasteiger partial charge on any atom is 0.333 e. The van der Waals surface area contributed by atoms with E-state index in [2.05, 4.69) is 16.2 Å². The SMILES string of the molecule is CC[C@H](N)C(=O)NNC(=O)NCc1ccccc1-c1ccccc1. The van der Waals surface area contributed by atoms with Gasteiger partial charge in [-0.2, -0.15) is 0 Å². The molecule has 0 radical (unpaired) electrons. The minimum absolute atomic E-state index is 0.340. The first-order valence-electron chi connectivity index (χ1n) is 7.84. The average molecular weight is 326 g/mol. The smallest absolute Gasteiger partial charge is 0.333 e. The van der Waals surface area contributed by atoms with Gasteiger partial charge in [0.05, 0.1) is 6.04 Å². The summed E-state index contributed by atoms with van der Waals surface area (Å²) < 4.78 is 0. The van der Waals surface area contributed by atoms with Crippen molar-refractivity contribution in [2.24, 2.45) is 5.73 Å². The van der Waals surface area contributed by atoms with E-state index in [1.807, 2.05) is 54.6 Å². The van der Waals surface area contributed by atoms with Crippen molar-refractivity contribution >= 4 is 11.9 Å². The number of nitrogens with two attached hydrogens (primary N) is 1. The Labute approximate surface area is 141 Å². The summed E-state index contributed by atoms with van der Waals surface area (Å²) >= 11 is 0. The summed E-state index contributed by atoms with van der Waals surface area (Å²) in [4.78, 5) is 23.3. The Morgan fingerprint density at radius 1 is 1.00 bits per heavy atom. The molecule has 3 amide bonds. The maximum absolute atomic E-state index is 11.8. The number of urea groups is 1. The molecule has 0 heterocycles. The summed E-state index contributed by atoms with van der Waals surface area (Å²) in [7, 11) is 0. The molecule has 5 N–H and O–H groups in total. The van der Waals surface area contributed by atoms with Crippen LogP contribution in [0.2, 0.25) is 0 Å². The predicted molar refractivity (Wildman–Crippen MR) is 93.7 cm³/mol. The average Bonchev–Trinajstić information content (AvgIpc) is 2.64. The lowest BCUT2D eigenvalue weighted by atomic mass is 10.00. The molecule has 0 saturated carbocycles. The van der Waals surface area contributed by atoms with Crippen molar-refractivity contribution in [3.05, 3.63) is 60.2 Å². The second-order valence-electron chi connectivity index (χ2n) is 5.33. The second-order valence-corrected chi connectivity index (χ2v) is 5.33. The van der Waals surface area contributed by atoms with Gasteiger partial charge in [0.15, 0.2) is 0 Å². The van der Waals surface area contributed by atoms with E-state index in [1.54, 1.807) is 6.92 Å². The molecule has 0 saturated heterocycles. The lowest BCUT2D eigenvalue weighted by Gasteiger charge is -2.13. The van der Waals surface area contributed by atoms with E-state index >= 15 is 0 Å². The number of hydrazine groups is 1. The van der Waals surface area contributed by atoms with Crippen LogP contribution in [0.3, 0.4) is 0 Å². The Kier molecular flexibility index (Phi) is 6.33. The summed E-state index contributed by atoms with van der Waals surface area (Å²) in [6.45, 7) is 2.14. The minimum atomic E-state index is -0.635. The molecule has 0 aromatic heterocycles. The minimum Gasteiger partial charge on any atom is -0.333 e. The summed E-state index contributed by atoms with van der Waals surface area (Å²) in [5.74, 6) is -0.419. The van der Waals surface area contributed by atoms with Crippen LogP contribution in [0.5, 0.6) is 0 Å². The zero-order chi connectivity index (χ0) is 17.4. The van der Waals surface area contributed by atoms with E-state index in [-0.39, 0.29) is 0 Å². The highest BCUT2D eigenvalue weighted by Gasteiger charge is 2.11. The first kappa shape index (κ1) is 17.5. The van der Waals surface area contributed by atoms with Crippen molar-refractivity contribution < 1.29 is 9.59 Å². The highest BCUT2D eigenvalue weighted by atomic mass is 16.2. The monoisotopic (exact) mass is 326 g/mol. The fourth-order valence-corrected chi connectivity index (χ4v) is 2.19.